The molecular weight excluding hydrogens is 1280 g/mol. The maximum absolute atomic E-state index is 15.2. The van der Waals surface area contributed by atoms with Crippen molar-refractivity contribution in [1.82, 2.24) is 63.1 Å². The van der Waals surface area contributed by atoms with Gasteiger partial charge in [0.05, 0.1) is 0 Å². The summed E-state index contributed by atoms with van der Waals surface area (Å²) < 4.78 is 0. The Bertz CT molecular complexity index is 4030. The second-order valence-electron chi connectivity index (χ2n) is 24.7. The molecule has 0 saturated carbocycles. The largest absolute Gasteiger partial charge is 0.508 e. The van der Waals surface area contributed by atoms with Gasteiger partial charge in [-0.15, -0.1) is 0 Å². The average Bonchev–Trinajstić information content (AvgIpc) is 1.61. The lowest BCUT2D eigenvalue weighted by atomic mass is 9.96. The van der Waals surface area contributed by atoms with Crippen LogP contribution >= 0.6 is 0 Å². The minimum atomic E-state index is -1.55. The topological polar surface area (TPSA) is 482 Å². The highest BCUT2D eigenvalue weighted by atomic mass is 16.3. The number of aromatic nitrogens is 2. The number of hydrogen-bond donors (Lipinski definition) is 18. The van der Waals surface area contributed by atoms with Crippen molar-refractivity contribution in [3.05, 3.63) is 168 Å². The Kier molecular flexibility index (Phi) is 27.6. The number of aromatic hydroxyl groups is 2. The summed E-state index contributed by atoms with van der Waals surface area (Å²) in [6.07, 6.45) is 2.43. The Morgan fingerprint density at radius 2 is 0.850 bits per heavy atom. The summed E-state index contributed by atoms with van der Waals surface area (Å²) in [5.74, 6) is -10.2. The highest BCUT2D eigenvalue weighted by Crippen LogP contribution is 2.23. The van der Waals surface area contributed by atoms with Crippen molar-refractivity contribution in [3.63, 3.8) is 0 Å². The molecule has 21 N–H and O–H groups in total. The number of fused-ring (bicyclic) bond motifs is 2. The summed E-state index contributed by atoms with van der Waals surface area (Å²) in [5.41, 5.74) is 20.9. The third kappa shape index (κ3) is 22.7. The number of H-pyrrole nitrogens is 2. The van der Waals surface area contributed by atoms with Crippen LogP contribution in [0.5, 0.6) is 11.5 Å². The van der Waals surface area contributed by atoms with Crippen LogP contribution in [0, 0.1) is 11.3 Å². The van der Waals surface area contributed by atoms with Gasteiger partial charge in [0.1, 0.15) is 65.9 Å². The van der Waals surface area contributed by atoms with E-state index in [9.17, 15) is 48.6 Å². The molecule has 29 heteroatoms. The van der Waals surface area contributed by atoms with E-state index in [0.717, 1.165) is 10.9 Å². The maximum atomic E-state index is 15.2. The molecule has 2 aromatic heterocycles. The quantitative estimate of drug-likeness (QED) is 0.0147. The minimum absolute atomic E-state index is 0.0139. The van der Waals surface area contributed by atoms with Crippen LogP contribution in [0.1, 0.15) is 87.6 Å². The number of phenols is 2. The summed E-state index contributed by atoms with van der Waals surface area (Å²) in [6, 6.07) is 22.2. The first-order valence-corrected chi connectivity index (χ1v) is 32.8. The van der Waals surface area contributed by atoms with Crippen molar-refractivity contribution < 1.29 is 63.0 Å². The zero-order valence-corrected chi connectivity index (χ0v) is 55.9. The number of primary amides is 2. The van der Waals surface area contributed by atoms with E-state index in [1.165, 1.54) is 50.2 Å². The number of amides is 11. The molecule has 0 aliphatic carbocycles. The fourth-order valence-electron chi connectivity index (χ4n) is 11.3. The summed E-state index contributed by atoms with van der Waals surface area (Å²) in [6.45, 7) is 6.21. The van der Waals surface area contributed by atoms with Gasteiger partial charge in [-0.3, -0.25) is 58.1 Å². The second kappa shape index (κ2) is 36.5. The predicted molar refractivity (Wildman–Crippen MR) is 373 cm³/mol. The van der Waals surface area contributed by atoms with Gasteiger partial charge < -0.3 is 90.5 Å². The first-order chi connectivity index (χ1) is 47.7. The summed E-state index contributed by atoms with van der Waals surface area (Å²) >= 11 is 0. The van der Waals surface area contributed by atoms with Crippen molar-refractivity contribution in [2.45, 2.75) is 146 Å². The van der Waals surface area contributed by atoms with E-state index in [4.69, 9.17) is 22.6 Å². The normalized spacial score (nSPS) is 14.1. The number of para-hydroxylation sites is 2. The molecule has 11 amide bonds. The van der Waals surface area contributed by atoms with Crippen molar-refractivity contribution in [1.29, 1.82) is 5.41 Å². The standard InChI is InChI=1S/C71H88N16O13/c1-5-39(2)61(70(100)79-40(3)63(93)83-58(35-45-37-77-51-18-11-9-16-49(45)51)68(98)82-55(62(73)92)32-43-21-25-47(89)26-22-43)87-69(99)59(36-46-38-78-52-19-12-10-17-50(46)52)86-67(97)56(33-42-14-7-6-8-15-42)85-66(96)57(34-44-23-27-48(90)28-24-44)84-65(95)54(29-30-60(72)91)81-64(94)53(80-41(4)88)20-13-31-76-71(74)75/h6-12,14-19,21-28,37-40,53-59,61,77-78,89-90H,5,13,20,29-36H2,1-4H3,(H2,72,91)(H2,73,92)(H,79,100)(H,80,88)(H,81,94)(H,82,98)(H,83,93)(H,84,95)(H,85,96)(H,86,97)(H,87,99)(H4,74,75,76)/t39-,40-,53-,54-,55-,56-,57-,58-,59-,61-/m0/s1. The van der Waals surface area contributed by atoms with Crippen molar-refractivity contribution in [2.24, 2.45) is 23.1 Å². The van der Waals surface area contributed by atoms with Gasteiger partial charge in [0.15, 0.2) is 5.96 Å². The molecule has 0 aliphatic heterocycles. The molecule has 5 aromatic carbocycles. The smallest absolute Gasteiger partial charge is 0.243 e. The SMILES string of the molecule is CC[C@H](C)[C@H](NC(=O)[C@H](Cc1c[nH]c2ccccc12)NC(=O)[C@H](Cc1ccccc1)NC(=O)[C@H](Cc1ccc(O)cc1)NC(=O)[C@H](CCC(N)=O)NC(=O)[C@H](CCCNC(=N)N)NC(C)=O)C(=O)N[C@@H](C)C(=O)N[C@@H](Cc1c[nH]c2ccccc12)C(=O)N[C@@H](Cc1ccc(O)cc1)C(N)=O. The number of benzene rings is 5. The lowest BCUT2D eigenvalue weighted by Crippen LogP contribution is -2.61. The molecule has 100 heavy (non-hydrogen) atoms. The van der Waals surface area contributed by atoms with Crippen LogP contribution in [0.15, 0.2) is 140 Å². The number of phenolic OH excluding ortho intramolecular Hbond substituents is 2. The van der Waals surface area contributed by atoms with Crippen molar-refractivity contribution in [2.75, 3.05) is 6.54 Å². The molecule has 0 radical (unpaired) electrons. The zero-order valence-electron chi connectivity index (χ0n) is 55.9. The van der Waals surface area contributed by atoms with Gasteiger partial charge in [-0.2, -0.15) is 0 Å². The summed E-state index contributed by atoms with van der Waals surface area (Å²) in [5, 5.41) is 55.9. The molecular formula is C71H88N16O13. The van der Waals surface area contributed by atoms with Gasteiger partial charge in [0.25, 0.3) is 0 Å². The number of hydrogen-bond acceptors (Lipinski definition) is 14. The first-order valence-electron chi connectivity index (χ1n) is 32.8. The van der Waals surface area contributed by atoms with Crippen LogP contribution in [0.2, 0.25) is 0 Å². The number of aromatic amines is 2. The van der Waals surface area contributed by atoms with Gasteiger partial charge >= 0.3 is 0 Å². The molecule has 7 aromatic rings. The Hall–Kier alpha value is -11.8. The molecule has 2 heterocycles. The minimum Gasteiger partial charge on any atom is -0.508 e. The number of carbonyl (C=O) groups excluding carboxylic acids is 11. The fourth-order valence-corrected chi connectivity index (χ4v) is 11.3. The van der Waals surface area contributed by atoms with E-state index in [2.05, 4.69) is 63.1 Å². The fraction of sp³-hybridized carbons (Fsp3) is 0.352. The lowest BCUT2D eigenvalue weighted by molar-refractivity contribution is -0.136. The van der Waals surface area contributed by atoms with Crippen LogP contribution in [0.3, 0.4) is 0 Å². The monoisotopic (exact) mass is 1370 g/mol. The highest BCUT2D eigenvalue weighted by molar-refractivity contribution is 5.99. The van der Waals surface area contributed by atoms with E-state index in [-0.39, 0.29) is 75.4 Å². The first kappa shape index (κ1) is 75.6. The van der Waals surface area contributed by atoms with Crippen LogP contribution in [-0.4, -0.2) is 152 Å². The molecule has 0 spiro atoms. The van der Waals surface area contributed by atoms with Crippen LogP contribution in [0.25, 0.3) is 21.8 Å². The van der Waals surface area contributed by atoms with Crippen molar-refractivity contribution >= 4 is 92.7 Å². The molecule has 7 rings (SSSR count). The predicted octanol–water partition coefficient (Wildman–Crippen LogP) is 1.04. The molecule has 530 valence electrons. The molecule has 10 atom stereocenters. The third-order valence-corrected chi connectivity index (χ3v) is 17.0. The van der Waals surface area contributed by atoms with E-state index in [1.54, 1.807) is 86.9 Å². The number of carbonyl (C=O) groups is 11. The van der Waals surface area contributed by atoms with Crippen molar-refractivity contribution in [3.8, 4) is 11.5 Å². The van der Waals surface area contributed by atoms with Crippen LogP contribution < -0.4 is 70.4 Å². The number of nitrogens with two attached hydrogens (primary N) is 3. The maximum Gasteiger partial charge on any atom is 0.243 e. The highest BCUT2D eigenvalue weighted by Gasteiger charge is 2.37. The summed E-state index contributed by atoms with van der Waals surface area (Å²) in [7, 11) is 0. The van der Waals surface area contributed by atoms with Crippen LogP contribution in [-0.2, 0) is 84.8 Å². The van der Waals surface area contributed by atoms with E-state index >= 15 is 14.4 Å². The summed E-state index contributed by atoms with van der Waals surface area (Å²) in [4.78, 5) is 161. The number of nitrogens with one attached hydrogen (secondary N) is 13. The van der Waals surface area contributed by atoms with Gasteiger partial charge in [-0.05, 0) is 96.3 Å². The van der Waals surface area contributed by atoms with Gasteiger partial charge in [0, 0.05) is 86.2 Å². The molecule has 0 fully saturated rings. The van der Waals surface area contributed by atoms with Gasteiger partial charge in [0.2, 0.25) is 65.0 Å². The molecule has 0 saturated heterocycles. The van der Waals surface area contributed by atoms with Gasteiger partial charge in [-0.25, -0.2) is 0 Å². The Morgan fingerprint density at radius 3 is 1.31 bits per heavy atom. The Labute approximate surface area is 577 Å². The number of guanidine groups is 1. The Morgan fingerprint density at radius 1 is 0.450 bits per heavy atom. The van der Waals surface area contributed by atoms with Crippen LogP contribution in [0.4, 0.5) is 0 Å². The third-order valence-electron chi connectivity index (χ3n) is 17.0. The second-order valence-corrected chi connectivity index (χ2v) is 24.7. The average molecular weight is 1370 g/mol. The molecule has 0 unspecified atom stereocenters. The van der Waals surface area contributed by atoms with E-state index in [1.807, 2.05) is 30.3 Å². The molecule has 0 aliphatic rings. The Balaban J connectivity index is 1.15. The molecule has 29 nitrogen and oxygen atoms in total. The lowest BCUT2D eigenvalue weighted by Gasteiger charge is -2.29. The van der Waals surface area contributed by atoms with E-state index in [0.29, 0.717) is 45.1 Å². The molecule has 0 bridgehead atoms. The zero-order chi connectivity index (χ0) is 72.6. The van der Waals surface area contributed by atoms with Gasteiger partial charge in [-0.1, -0.05) is 111 Å². The van der Waals surface area contributed by atoms with E-state index < -0.39 is 132 Å². The number of rotatable bonds is 37.